The van der Waals surface area contributed by atoms with Crippen LogP contribution in [0.25, 0.3) is 0 Å². The van der Waals surface area contributed by atoms with Crippen LogP contribution in [0.1, 0.15) is 60.5 Å². The van der Waals surface area contributed by atoms with E-state index in [1.54, 1.807) is 27.7 Å². The summed E-state index contributed by atoms with van der Waals surface area (Å²) in [7, 11) is 2.72. The number of carbonyl (C=O) groups excluding carboxylic acids is 4. The Hall–Kier alpha value is -3.30. The zero-order chi connectivity index (χ0) is 37.3. The van der Waals surface area contributed by atoms with Crippen LogP contribution in [0.4, 0.5) is 4.79 Å². The molecule has 1 aromatic carbocycles. The summed E-state index contributed by atoms with van der Waals surface area (Å²) in [5, 5.41) is 2.81. The summed E-state index contributed by atoms with van der Waals surface area (Å²) in [6.07, 6.45) is -0.867. The topological polar surface area (TPSA) is 151 Å². The van der Waals surface area contributed by atoms with Gasteiger partial charge in [0.05, 0.1) is 72.7 Å². The molecule has 3 amide bonds. The Morgan fingerprint density at radius 2 is 1.40 bits per heavy atom. The van der Waals surface area contributed by atoms with Crippen molar-refractivity contribution in [1.82, 2.24) is 15.1 Å². The molecule has 1 heterocycles. The van der Waals surface area contributed by atoms with Gasteiger partial charge in [-0.25, -0.2) is 9.59 Å². The molecule has 0 aliphatic carbocycles. The Morgan fingerprint density at radius 3 is 1.92 bits per heavy atom. The maximum atomic E-state index is 13.9. The highest BCUT2D eigenvalue weighted by Gasteiger charge is 2.46. The van der Waals surface area contributed by atoms with Gasteiger partial charge in [-0.05, 0) is 38.7 Å². The summed E-state index contributed by atoms with van der Waals surface area (Å²) in [5.74, 6) is -1.55. The van der Waals surface area contributed by atoms with Crippen LogP contribution < -0.4 is 5.32 Å². The van der Waals surface area contributed by atoms with E-state index in [0.717, 1.165) is 5.56 Å². The quantitative estimate of drug-likeness (QED) is 0.157. The van der Waals surface area contributed by atoms with E-state index < -0.39 is 59.1 Å². The highest BCUT2D eigenvalue weighted by atomic mass is 16.6. The van der Waals surface area contributed by atoms with Crippen molar-refractivity contribution in [1.29, 1.82) is 0 Å². The number of amides is 3. The zero-order valence-electron chi connectivity index (χ0n) is 31.4. The van der Waals surface area contributed by atoms with Crippen LogP contribution in [0.5, 0.6) is 0 Å². The Morgan fingerprint density at radius 1 is 0.860 bits per heavy atom. The molecule has 1 saturated heterocycles. The summed E-state index contributed by atoms with van der Waals surface area (Å²) in [5.41, 5.74) is -0.342. The fourth-order valence-electron chi connectivity index (χ4n) is 4.96. The minimum atomic E-state index is -1.00. The van der Waals surface area contributed by atoms with Crippen LogP contribution in [0, 0.1) is 5.41 Å². The van der Waals surface area contributed by atoms with Gasteiger partial charge in [0.25, 0.3) is 0 Å². The molecule has 50 heavy (non-hydrogen) atoms. The smallest absolute Gasteiger partial charge is 0.410 e. The molecule has 0 aromatic heterocycles. The number of hydrogen-bond donors (Lipinski definition) is 1. The van der Waals surface area contributed by atoms with Crippen LogP contribution >= 0.6 is 0 Å². The third-order valence-electron chi connectivity index (χ3n) is 7.87. The standard InChI is InChI=1S/C36H59N3O11/c1-26(38(8)34(43)50-36(5,6)7)31(40)37-30(35(2,3)4)32(41)39-24-28(23-29(39)33(42)44-9)49-22-21-47-18-17-45-15-16-46-19-20-48-25-27-13-11-10-12-14-27/h10-14,26,28-30H,15-25H2,1-9H3,(H,37,40)/t26?,28-,29-,30?/m0/s1. The molecule has 0 spiro atoms. The first-order valence-corrected chi connectivity index (χ1v) is 17.2. The molecular formula is C36H59N3O11. The molecule has 1 N–H and O–H groups in total. The third-order valence-corrected chi connectivity index (χ3v) is 7.87. The average Bonchev–Trinajstić information content (AvgIpc) is 3.49. The van der Waals surface area contributed by atoms with Crippen LogP contribution in [0.2, 0.25) is 0 Å². The third kappa shape index (κ3) is 15.3. The molecular weight excluding hydrogens is 650 g/mol. The van der Waals surface area contributed by atoms with Crippen molar-refractivity contribution in [3.05, 3.63) is 35.9 Å². The predicted octanol–water partition coefficient (Wildman–Crippen LogP) is 3.20. The second-order valence-electron chi connectivity index (χ2n) is 14.2. The Labute approximate surface area is 297 Å². The van der Waals surface area contributed by atoms with Crippen molar-refractivity contribution in [2.24, 2.45) is 5.41 Å². The van der Waals surface area contributed by atoms with Gasteiger partial charge in [-0.2, -0.15) is 0 Å². The van der Waals surface area contributed by atoms with Crippen molar-refractivity contribution < 1.29 is 52.3 Å². The van der Waals surface area contributed by atoms with Crippen LogP contribution in [-0.4, -0.2) is 137 Å². The SMILES string of the molecule is COC(=O)[C@@H]1C[C@H](OCCOCCOCCOCCOCc2ccccc2)CN1C(=O)C(NC(=O)C(C)N(C)C(=O)OC(C)(C)C)C(C)(C)C. The first-order chi connectivity index (χ1) is 23.5. The Kier molecular flexibility index (Phi) is 18.1. The van der Waals surface area contributed by atoms with Gasteiger partial charge < -0.3 is 43.4 Å². The van der Waals surface area contributed by atoms with Gasteiger partial charge >= 0.3 is 12.1 Å². The van der Waals surface area contributed by atoms with Gasteiger partial charge in [-0.1, -0.05) is 51.1 Å². The maximum Gasteiger partial charge on any atom is 0.410 e. The summed E-state index contributed by atoms with van der Waals surface area (Å²) in [6.45, 7) is 16.1. The number of rotatable bonds is 20. The Balaban J connectivity index is 1.75. The number of carbonyl (C=O) groups is 4. The van der Waals surface area contributed by atoms with E-state index in [-0.39, 0.29) is 19.6 Å². The van der Waals surface area contributed by atoms with Gasteiger partial charge in [-0.15, -0.1) is 0 Å². The van der Waals surface area contributed by atoms with Crippen molar-refractivity contribution in [3.8, 4) is 0 Å². The fraction of sp³-hybridized carbons (Fsp3) is 0.722. The summed E-state index contributed by atoms with van der Waals surface area (Å²) in [4.78, 5) is 55.1. The molecule has 1 aliphatic rings. The highest BCUT2D eigenvalue weighted by Crippen LogP contribution is 2.28. The lowest BCUT2D eigenvalue weighted by atomic mass is 9.85. The molecule has 14 heteroatoms. The van der Waals surface area contributed by atoms with E-state index in [0.29, 0.717) is 52.9 Å². The van der Waals surface area contributed by atoms with Crippen molar-refractivity contribution >= 4 is 23.9 Å². The van der Waals surface area contributed by atoms with E-state index in [2.05, 4.69) is 5.32 Å². The van der Waals surface area contributed by atoms with Gasteiger partial charge in [-0.3, -0.25) is 14.5 Å². The molecule has 0 bridgehead atoms. The molecule has 1 fully saturated rings. The number of nitrogens with zero attached hydrogens (tertiary/aromatic N) is 2. The van der Waals surface area contributed by atoms with Crippen LogP contribution in [0.15, 0.2) is 30.3 Å². The molecule has 0 radical (unpaired) electrons. The number of methoxy groups -OCH3 is 1. The number of likely N-dealkylation sites (tertiary alicyclic amines) is 1. The summed E-state index contributed by atoms with van der Waals surface area (Å²) < 4.78 is 38.6. The lowest BCUT2D eigenvalue weighted by molar-refractivity contribution is -0.153. The maximum absolute atomic E-state index is 13.9. The molecule has 2 rings (SSSR count). The fourth-order valence-corrected chi connectivity index (χ4v) is 4.96. The molecule has 0 saturated carbocycles. The van der Waals surface area contributed by atoms with Gasteiger partial charge in [0.15, 0.2) is 0 Å². The van der Waals surface area contributed by atoms with Gasteiger partial charge in [0.1, 0.15) is 23.7 Å². The monoisotopic (exact) mass is 709 g/mol. The number of ether oxygens (including phenoxy) is 7. The minimum absolute atomic E-state index is 0.134. The van der Waals surface area contributed by atoms with E-state index >= 15 is 0 Å². The number of hydrogen-bond acceptors (Lipinski definition) is 11. The second kappa shape index (κ2) is 21.2. The largest absolute Gasteiger partial charge is 0.467 e. The van der Waals surface area contributed by atoms with Crippen LogP contribution in [0.3, 0.4) is 0 Å². The molecule has 1 aromatic rings. The van der Waals surface area contributed by atoms with Gasteiger partial charge in [0.2, 0.25) is 11.8 Å². The van der Waals surface area contributed by atoms with E-state index in [4.69, 9.17) is 33.2 Å². The summed E-state index contributed by atoms with van der Waals surface area (Å²) in [6, 6.07) is 7.15. The molecule has 1 aliphatic heterocycles. The Bertz CT molecular complexity index is 1190. The summed E-state index contributed by atoms with van der Waals surface area (Å²) >= 11 is 0. The number of benzene rings is 1. The first-order valence-electron chi connectivity index (χ1n) is 17.2. The molecule has 284 valence electrons. The predicted molar refractivity (Wildman–Crippen MR) is 185 cm³/mol. The normalized spacial score (nSPS) is 17.6. The van der Waals surface area contributed by atoms with E-state index in [1.807, 2.05) is 51.1 Å². The minimum Gasteiger partial charge on any atom is -0.467 e. The zero-order valence-corrected chi connectivity index (χ0v) is 31.4. The molecule has 4 atom stereocenters. The van der Waals surface area contributed by atoms with Crippen molar-refractivity contribution in [3.63, 3.8) is 0 Å². The first kappa shape index (κ1) is 42.9. The lowest BCUT2D eigenvalue weighted by Gasteiger charge is -2.36. The lowest BCUT2D eigenvalue weighted by Crippen LogP contribution is -2.59. The van der Waals surface area contributed by atoms with Crippen molar-refractivity contribution in [2.45, 2.75) is 91.3 Å². The molecule has 2 unspecified atom stereocenters. The number of nitrogens with one attached hydrogen (secondary N) is 1. The van der Waals surface area contributed by atoms with E-state index in [9.17, 15) is 19.2 Å². The second-order valence-corrected chi connectivity index (χ2v) is 14.2. The van der Waals surface area contributed by atoms with E-state index in [1.165, 1.54) is 24.0 Å². The molecule has 14 nitrogen and oxygen atoms in total. The number of likely N-dealkylation sites (N-methyl/N-ethyl adjacent to an activating group) is 1. The van der Waals surface area contributed by atoms with Crippen LogP contribution in [-0.2, 0) is 54.1 Å². The number of esters is 1. The van der Waals surface area contributed by atoms with Crippen molar-refractivity contribution in [2.75, 3.05) is 73.6 Å². The highest BCUT2D eigenvalue weighted by molar-refractivity contribution is 5.93. The average molecular weight is 710 g/mol. The van der Waals surface area contributed by atoms with Gasteiger partial charge in [0, 0.05) is 20.0 Å².